The van der Waals surface area contributed by atoms with Crippen molar-refractivity contribution in [2.24, 2.45) is 0 Å². The van der Waals surface area contributed by atoms with Crippen molar-refractivity contribution in [2.45, 2.75) is 6.18 Å². The van der Waals surface area contributed by atoms with Gasteiger partial charge in [0.2, 0.25) is 0 Å². The Hall–Kier alpha value is -3.13. The molecule has 2 N–H and O–H groups in total. The number of carboxylic acid groups (broad SMARTS) is 1. The molecule has 0 atom stereocenters. The van der Waals surface area contributed by atoms with Gasteiger partial charge in [-0.25, -0.2) is 9.78 Å². The zero-order valence-electron chi connectivity index (χ0n) is 11.3. The summed E-state index contributed by atoms with van der Waals surface area (Å²) in [5.74, 6) is -1.39. The van der Waals surface area contributed by atoms with Gasteiger partial charge in [0.1, 0.15) is 22.5 Å². The Bertz CT molecular complexity index is 872. The number of halogens is 4. The molecule has 1 amide bonds. The fourth-order valence-corrected chi connectivity index (χ4v) is 1.82. The van der Waals surface area contributed by atoms with Crippen molar-refractivity contribution in [3.8, 4) is 6.07 Å². The highest BCUT2D eigenvalue weighted by atomic mass is 35.5. The molecule has 2 rings (SSSR count). The van der Waals surface area contributed by atoms with E-state index in [9.17, 15) is 22.8 Å². The standard InChI is InChI=1S/C12H5ClF3N5O3/c13-8-6(1-2-7(18-8)12(14,15)16)10(22)19-9-5(3-17)4-21(20-9)11(23)24/h1-2,4H,(H,23,24)(H,19,20,22). The second-order valence-corrected chi connectivity index (χ2v) is 4.58. The summed E-state index contributed by atoms with van der Waals surface area (Å²) in [5.41, 5.74) is -1.95. The van der Waals surface area contributed by atoms with Crippen LogP contribution in [-0.2, 0) is 6.18 Å². The average Bonchev–Trinajstić information content (AvgIpc) is 2.89. The molecule has 0 unspecified atom stereocenters. The van der Waals surface area contributed by atoms with Crippen LogP contribution in [0.2, 0.25) is 5.15 Å². The minimum absolute atomic E-state index is 0.262. The number of amides is 1. The number of alkyl halides is 3. The summed E-state index contributed by atoms with van der Waals surface area (Å²) in [5, 5.41) is 22.5. The Kier molecular flexibility index (Phi) is 4.43. The van der Waals surface area contributed by atoms with Gasteiger partial charge in [0.15, 0.2) is 5.82 Å². The summed E-state index contributed by atoms with van der Waals surface area (Å²) in [6, 6.07) is 2.97. The summed E-state index contributed by atoms with van der Waals surface area (Å²) in [6.07, 6.45) is -5.38. The van der Waals surface area contributed by atoms with Crippen LogP contribution in [0.1, 0.15) is 21.6 Å². The summed E-state index contributed by atoms with van der Waals surface area (Å²) >= 11 is 5.57. The van der Waals surface area contributed by atoms with E-state index in [1.165, 1.54) is 0 Å². The fraction of sp³-hybridized carbons (Fsp3) is 0.0833. The van der Waals surface area contributed by atoms with Gasteiger partial charge in [0.25, 0.3) is 5.91 Å². The Morgan fingerprint density at radius 2 is 2.04 bits per heavy atom. The highest BCUT2D eigenvalue weighted by molar-refractivity contribution is 6.33. The fourth-order valence-electron chi connectivity index (χ4n) is 1.58. The van der Waals surface area contributed by atoms with Crippen LogP contribution in [0.3, 0.4) is 0 Å². The van der Waals surface area contributed by atoms with Crippen LogP contribution in [0, 0.1) is 11.3 Å². The Balaban J connectivity index is 2.31. The van der Waals surface area contributed by atoms with Gasteiger partial charge in [-0.1, -0.05) is 11.6 Å². The molecule has 0 radical (unpaired) electrons. The van der Waals surface area contributed by atoms with Gasteiger partial charge in [-0.15, -0.1) is 5.10 Å². The lowest BCUT2D eigenvalue weighted by atomic mass is 10.2. The average molecular weight is 360 g/mol. The number of aromatic nitrogens is 3. The molecule has 0 fully saturated rings. The van der Waals surface area contributed by atoms with Gasteiger partial charge >= 0.3 is 12.3 Å². The summed E-state index contributed by atoms with van der Waals surface area (Å²) in [7, 11) is 0. The maximum absolute atomic E-state index is 12.5. The van der Waals surface area contributed by atoms with Gasteiger partial charge in [-0.05, 0) is 12.1 Å². The summed E-state index contributed by atoms with van der Waals surface area (Å²) in [6.45, 7) is 0. The molecule has 0 bridgehead atoms. The van der Waals surface area contributed by atoms with E-state index in [-0.39, 0.29) is 11.4 Å². The van der Waals surface area contributed by atoms with Gasteiger partial charge < -0.3 is 10.4 Å². The number of nitrogens with one attached hydrogen (secondary N) is 1. The molecule has 0 saturated heterocycles. The number of hydrogen-bond donors (Lipinski definition) is 2. The Labute approximate surface area is 136 Å². The Morgan fingerprint density at radius 3 is 2.54 bits per heavy atom. The number of rotatable bonds is 2. The molecule has 8 nitrogen and oxygen atoms in total. The molecule has 12 heteroatoms. The predicted octanol–water partition coefficient (Wildman–Crippen LogP) is 2.60. The van der Waals surface area contributed by atoms with Crippen molar-refractivity contribution >= 4 is 29.4 Å². The van der Waals surface area contributed by atoms with Crippen LogP contribution in [-0.4, -0.2) is 31.9 Å². The normalized spacial score (nSPS) is 11.0. The molecule has 2 aromatic heterocycles. The highest BCUT2D eigenvalue weighted by Crippen LogP contribution is 2.29. The zero-order valence-corrected chi connectivity index (χ0v) is 12.1. The first-order valence-corrected chi connectivity index (χ1v) is 6.29. The molecule has 0 spiro atoms. The van der Waals surface area contributed by atoms with E-state index in [0.29, 0.717) is 10.7 Å². The van der Waals surface area contributed by atoms with E-state index in [1.807, 2.05) is 0 Å². The molecule has 24 heavy (non-hydrogen) atoms. The minimum atomic E-state index is -4.73. The first-order chi connectivity index (χ1) is 11.1. The van der Waals surface area contributed by atoms with Crippen LogP contribution in [0.25, 0.3) is 0 Å². The number of hydrogen-bond acceptors (Lipinski definition) is 5. The van der Waals surface area contributed by atoms with Crippen molar-refractivity contribution in [2.75, 3.05) is 5.32 Å². The van der Waals surface area contributed by atoms with Crippen molar-refractivity contribution in [1.82, 2.24) is 14.8 Å². The molecule has 2 aromatic rings. The lowest BCUT2D eigenvalue weighted by Gasteiger charge is -2.08. The minimum Gasteiger partial charge on any atom is -0.463 e. The third-order valence-corrected chi connectivity index (χ3v) is 2.93. The molecule has 0 aliphatic heterocycles. The number of carbonyl (C=O) groups is 2. The molecule has 0 aliphatic carbocycles. The van der Waals surface area contributed by atoms with Crippen LogP contribution in [0.5, 0.6) is 0 Å². The zero-order chi connectivity index (χ0) is 18.1. The SMILES string of the molecule is N#Cc1cn(C(=O)O)nc1NC(=O)c1ccc(C(F)(F)F)nc1Cl. The maximum atomic E-state index is 12.5. The van der Waals surface area contributed by atoms with E-state index in [1.54, 1.807) is 6.07 Å². The van der Waals surface area contributed by atoms with Gasteiger partial charge in [0, 0.05) is 0 Å². The summed E-state index contributed by atoms with van der Waals surface area (Å²) < 4.78 is 37.9. The lowest BCUT2D eigenvalue weighted by molar-refractivity contribution is -0.141. The van der Waals surface area contributed by atoms with E-state index >= 15 is 0 Å². The van der Waals surface area contributed by atoms with Crippen molar-refractivity contribution in [3.05, 3.63) is 40.3 Å². The topological polar surface area (TPSA) is 121 Å². The molecule has 2 heterocycles. The number of pyridine rings is 1. The van der Waals surface area contributed by atoms with E-state index in [2.05, 4.69) is 15.4 Å². The monoisotopic (exact) mass is 359 g/mol. The second kappa shape index (κ2) is 6.17. The molecule has 0 saturated carbocycles. The van der Waals surface area contributed by atoms with Crippen LogP contribution >= 0.6 is 11.6 Å². The lowest BCUT2D eigenvalue weighted by Crippen LogP contribution is -2.17. The largest absolute Gasteiger partial charge is 0.463 e. The number of nitrogens with zero attached hydrogens (tertiary/aromatic N) is 4. The first kappa shape index (κ1) is 17.2. The molecule has 0 aromatic carbocycles. The van der Waals surface area contributed by atoms with E-state index < -0.39 is 34.6 Å². The van der Waals surface area contributed by atoms with Crippen LogP contribution < -0.4 is 5.32 Å². The van der Waals surface area contributed by atoms with Crippen LogP contribution in [0.15, 0.2) is 18.3 Å². The maximum Gasteiger partial charge on any atom is 0.433 e. The number of carbonyl (C=O) groups excluding carboxylic acids is 1. The van der Waals surface area contributed by atoms with Gasteiger partial charge in [-0.3, -0.25) is 4.79 Å². The molecular formula is C12H5ClF3N5O3. The third-order valence-electron chi connectivity index (χ3n) is 2.65. The smallest absolute Gasteiger partial charge is 0.433 e. The van der Waals surface area contributed by atoms with E-state index in [4.69, 9.17) is 22.0 Å². The summed E-state index contributed by atoms with van der Waals surface area (Å²) in [4.78, 5) is 25.9. The van der Waals surface area contributed by atoms with E-state index in [0.717, 1.165) is 12.3 Å². The van der Waals surface area contributed by atoms with Crippen molar-refractivity contribution < 1.29 is 27.9 Å². The van der Waals surface area contributed by atoms with Gasteiger partial charge in [-0.2, -0.15) is 23.1 Å². The van der Waals surface area contributed by atoms with Crippen molar-refractivity contribution in [3.63, 3.8) is 0 Å². The predicted molar refractivity (Wildman–Crippen MR) is 72.6 cm³/mol. The molecule has 0 aliphatic rings. The van der Waals surface area contributed by atoms with Crippen molar-refractivity contribution in [1.29, 1.82) is 5.26 Å². The molecule has 124 valence electrons. The molecular weight excluding hydrogens is 355 g/mol. The van der Waals surface area contributed by atoms with Crippen LogP contribution in [0.4, 0.5) is 23.8 Å². The quantitative estimate of drug-likeness (QED) is 0.795. The number of anilines is 1. The number of nitriles is 1. The first-order valence-electron chi connectivity index (χ1n) is 5.91. The third kappa shape index (κ3) is 3.44. The highest BCUT2D eigenvalue weighted by Gasteiger charge is 2.33. The second-order valence-electron chi connectivity index (χ2n) is 4.22. The van der Waals surface area contributed by atoms with Gasteiger partial charge in [0.05, 0.1) is 11.8 Å². The Morgan fingerprint density at radius 1 is 1.38 bits per heavy atom.